The van der Waals surface area contributed by atoms with Crippen molar-refractivity contribution in [2.24, 2.45) is 5.92 Å². The zero-order valence-electron chi connectivity index (χ0n) is 22.1. The molecule has 0 aliphatic carbocycles. The lowest BCUT2D eigenvalue weighted by Gasteiger charge is -2.35. The SMILES string of the molecule is COc1cc(Br)c(CN2CCCC(COC(=O)N3CCN(C(=O)OCc4ccccc4)CC3)C2)cc1OC. The van der Waals surface area contributed by atoms with Crippen molar-refractivity contribution in [3.63, 3.8) is 0 Å². The number of hydrogen-bond donors (Lipinski definition) is 0. The standard InChI is InChI=1S/C28H36BrN3O6/c1-35-25-15-23(24(29)16-26(25)36-2)18-30-10-6-9-22(17-30)20-38-28(34)32-13-11-31(12-14-32)27(33)37-19-21-7-4-3-5-8-21/h3-5,7-8,15-16,22H,6,9-14,17-20H2,1-2H3. The van der Waals surface area contributed by atoms with Crippen LogP contribution in [0.2, 0.25) is 0 Å². The summed E-state index contributed by atoms with van der Waals surface area (Å²) in [4.78, 5) is 30.8. The molecule has 2 aliphatic heterocycles. The zero-order valence-corrected chi connectivity index (χ0v) is 23.7. The van der Waals surface area contributed by atoms with Crippen molar-refractivity contribution in [3.05, 3.63) is 58.1 Å². The van der Waals surface area contributed by atoms with Crippen LogP contribution in [0.1, 0.15) is 24.0 Å². The van der Waals surface area contributed by atoms with E-state index in [4.69, 9.17) is 18.9 Å². The number of piperidine rings is 1. The number of benzene rings is 2. The van der Waals surface area contributed by atoms with Crippen molar-refractivity contribution in [2.75, 3.05) is 60.1 Å². The van der Waals surface area contributed by atoms with Crippen LogP contribution >= 0.6 is 15.9 Å². The molecule has 206 valence electrons. The molecule has 2 heterocycles. The summed E-state index contributed by atoms with van der Waals surface area (Å²) in [6.45, 7) is 4.98. The van der Waals surface area contributed by atoms with Crippen LogP contribution in [0.25, 0.3) is 0 Å². The van der Waals surface area contributed by atoms with E-state index in [1.165, 1.54) is 0 Å². The predicted octanol–water partition coefficient (Wildman–Crippen LogP) is 4.77. The van der Waals surface area contributed by atoms with Gasteiger partial charge in [0.2, 0.25) is 0 Å². The number of amides is 2. The van der Waals surface area contributed by atoms with Crippen molar-refractivity contribution in [1.82, 2.24) is 14.7 Å². The lowest BCUT2D eigenvalue weighted by molar-refractivity contribution is 0.0432. The van der Waals surface area contributed by atoms with Crippen molar-refractivity contribution < 1.29 is 28.5 Å². The van der Waals surface area contributed by atoms with Gasteiger partial charge < -0.3 is 28.7 Å². The summed E-state index contributed by atoms with van der Waals surface area (Å²) in [6, 6.07) is 13.5. The van der Waals surface area contributed by atoms with Crippen molar-refractivity contribution in [1.29, 1.82) is 0 Å². The fourth-order valence-corrected chi connectivity index (χ4v) is 5.30. The minimum Gasteiger partial charge on any atom is -0.493 e. The van der Waals surface area contributed by atoms with Gasteiger partial charge in [0.25, 0.3) is 0 Å². The minimum atomic E-state index is -0.356. The largest absolute Gasteiger partial charge is 0.493 e. The zero-order chi connectivity index (χ0) is 26.9. The van der Waals surface area contributed by atoms with Gasteiger partial charge in [-0.1, -0.05) is 46.3 Å². The van der Waals surface area contributed by atoms with Gasteiger partial charge in [0.1, 0.15) is 6.61 Å². The van der Waals surface area contributed by atoms with Crippen LogP contribution in [0.3, 0.4) is 0 Å². The molecule has 0 bridgehead atoms. The smallest absolute Gasteiger partial charge is 0.410 e. The summed E-state index contributed by atoms with van der Waals surface area (Å²) in [5.74, 6) is 1.68. The molecule has 9 nitrogen and oxygen atoms in total. The van der Waals surface area contributed by atoms with E-state index in [0.29, 0.717) is 44.3 Å². The number of likely N-dealkylation sites (tertiary alicyclic amines) is 1. The Kier molecular flexibility index (Phi) is 10.1. The third-order valence-electron chi connectivity index (χ3n) is 6.99. The van der Waals surface area contributed by atoms with Crippen molar-refractivity contribution in [3.8, 4) is 11.5 Å². The first-order valence-electron chi connectivity index (χ1n) is 13.0. The summed E-state index contributed by atoms with van der Waals surface area (Å²) >= 11 is 3.65. The van der Waals surface area contributed by atoms with E-state index in [2.05, 4.69) is 20.8 Å². The summed E-state index contributed by atoms with van der Waals surface area (Å²) in [7, 11) is 3.26. The Morgan fingerprint density at radius 2 is 1.53 bits per heavy atom. The van der Waals surface area contributed by atoms with E-state index in [9.17, 15) is 9.59 Å². The van der Waals surface area contributed by atoms with E-state index < -0.39 is 0 Å². The van der Waals surface area contributed by atoms with Gasteiger partial charge in [0.05, 0.1) is 20.8 Å². The molecule has 0 radical (unpaired) electrons. The first kappa shape index (κ1) is 28.0. The third kappa shape index (κ3) is 7.54. The molecule has 2 aromatic rings. The van der Waals surface area contributed by atoms with Gasteiger partial charge in [-0.15, -0.1) is 0 Å². The fourth-order valence-electron chi connectivity index (χ4n) is 4.85. The molecule has 1 unspecified atom stereocenters. The quantitative estimate of drug-likeness (QED) is 0.438. The van der Waals surface area contributed by atoms with Crippen LogP contribution in [-0.2, 0) is 22.6 Å². The van der Waals surface area contributed by atoms with Gasteiger partial charge in [-0.25, -0.2) is 9.59 Å². The number of methoxy groups -OCH3 is 2. The van der Waals surface area contributed by atoms with Gasteiger partial charge in [0.15, 0.2) is 11.5 Å². The maximum absolute atomic E-state index is 12.7. The van der Waals surface area contributed by atoms with Crippen LogP contribution in [0, 0.1) is 5.92 Å². The van der Waals surface area contributed by atoms with Gasteiger partial charge >= 0.3 is 12.2 Å². The van der Waals surface area contributed by atoms with Crippen molar-refractivity contribution >= 4 is 28.1 Å². The first-order valence-corrected chi connectivity index (χ1v) is 13.8. The second-order valence-corrected chi connectivity index (χ2v) is 10.5. The van der Waals surface area contributed by atoms with Gasteiger partial charge in [-0.05, 0) is 42.6 Å². The summed E-state index contributed by atoms with van der Waals surface area (Å²) in [5, 5.41) is 0. The van der Waals surface area contributed by atoms with Crippen LogP contribution in [0.15, 0.2) is 46.9 Å². The molecule has 0 saturated carbocycles. The number of ether oxygens (including phenoxy) is 4. The number of piperazine rings is 1. The normalized spacial score (nSPS) is 18.1. The minimum absolute atomic E-state index is 0.239. The summed E-state index contributed by atoms with van der Waals surface area (Å²) < 4.78 is 22.9. The predicted molar refractivity (Wildman–Crippen MR) is 146 cm³/mol. The molecule has 2 aromatic carbocycles. The highest BCUT2D eigenvalue weighted by Crippen LogP contribution is 2.34. The lowest BCUT2D eigenvalue weighted by atomic mass is 9.98. The average molecular weight is 591 g/mol. The number of hydrogen-bond acceptors (Lipinski definition) is 7. The molecule has 38 heavy (non-hydrogen) atoms. The molecular formula is C28H36BrN3O6. The molecule has 4 rings (SSSR count). The third-order valence-corrected chi connectivity index (χ3v) is 7.73. The molecule has 2 fully saturated rings. The monoisotopic (exact) mass is 589 g/mol. The summed E-state index contributed by atoms with van der Waals surface area (Å²) in [5.41, 5.74) is 2.07. The fraction of sp³-hybridized carbons (Fsp3) is 0.500. The van der Waals surface area contributed by atoms with E-state index in [0.717, 1.165) is 48.1 Å². The van der Waals surface area contributed by atoms with E-state index >= 15 is 0 Å². The van der Waals surface area contributed by atoms with Gasteiger partial charge in [-0.2, -0.15) is 0 Å². The number of rotatable bonds is 8. The highest BCUT2D eigenvalue weighted by Gasteiger charge is 2.28. The highest BCUT2D eigenvalue weighted by atomic mass is 79.9. The van der Waals surface area contributed by atoms with Crippen LogP contribution in [-0.4, -0.2) is 87.0 Å². The van der Waals surface area contributed by atoms with Gasteiger partial charge in [-0.3, -0.25) is 4.90 Å². The second kappa shape index (κ2) is 13.7. The van der Waals surface area contributed by atoms with E-state index in [-0.39, 0.29) is 24.7 Å². The number of carbonyl (C=O) groups excluding carboxylic acids is 2. The number of halogens is 1. The first-order chi connectivity index (χ1) is 18.5. The maximum atomic E-state index is 12.7. The molecule has 2 amide bonds. The Morgan fingerprint density at radius 1 is 0.895 bits per heavy atom. The molecule has 2 saturated heterocycles. The Labute approximate surface area is 232 Å². The lowest BCUT2D eigenvalue weighted by Crippen LogP contribution is -2.51. The van der Waals surface area contributed by atoms with Gasteiger partial charge in [0, 0.05) is 49.7 Å². The molecule has 0 N–H and O–H groups in total. The van der Waals surface area contributed by atoms with Crippen LogP contribution in [0.5, 0.6) is 11.5 Å². The molecule has 0 aromatic heterocycles. The number of carbonyl (C=O) groups is 2. The highest BCUT2D eigenvalue weighted by molar-refractivity contribution is 9.10. The number of nitrogens with zero attached hydrogens (tertiary/aromatic N) is 3. The molecule has 0 spiro atoms. The van der Waals surface area contributed by atoms with Crippen LogP contribution < -0.4 is 9.47 Å². The van der Waals surface area contributed by atoms with E-state index in [1.54, 1.807) is 24.0 Å². The Hall–Kier alpha value is -2.98. The maximum Gasteiger partial charge on any atom is 0.410 e. The summed E-state index contributed by atoms with van der Waals surface area (Å²) in [6.07, 6.45) is 1.40. The van der Waals surface area contributed by atoms with Crippen molar-refractivity contribution in [2.45, 2.75) is 26.0 Å². The molecule has 1 atom stereocenters. The molecule has 10 heteroatoms. The van der Waals surface area contributed by atoms with E-state index in [1.807, 2.05) is 42.5 Å². The topological polar surface area (TPSA) is 80.8 Å². The Bertz CT molecular complexity index is 1080. The Balaban J connectivity index is 1.19. The molecular weight excluding hydrogens is 554 g/mol. The second-order valence-electron chi connectivity index (χ2n) is 9.63. The van der Waals surface area contributed by atoms with Crippen LogP contribution in [0.4, 0.5) is 9.59 Å². The Morgan fingerprint density at radius 3 is 2.18 bits per heavy atom. The average Bonchev–Trinajstić information content (AvgIpc) is 2.96. The molecule has 2 aliphatic rings.